The standard InChI is InChI=1S/C31H35NO9/c1-18-10-11-21(38-4)27-25(18)30-16-17-32(3)19(2)31(30,37)15-14-22(28(30)41-27)39-29(36)26(20-8-6-5-7-9-20)40-24(35)13-12-23(33)34/h5-11,14,19,26,28,37H,12-13,15-17H2,1-4H3,(H,33,34)/t19-,26+,28+,30+,31-/m1/s1. The van der Waals surface area contributed by atoms with Crippen molar-refractivity contribution in [1.82, 2.24) is 4.90 Å². The number of likely N-dealkylation sites (N-methyl/N-ethyl adjacent to an activating group) is 1. The highest BCUT2D eigenvalue weighted by molar-refractivity contribution is 5.83. The van der Waals surface area contributed by atoms with Crippen molar-refractivity contribution in [2.24, 2.45) is 0 Å². The van der Waals surface area contributed by atoms with Gasteiger partial charge in [-0.3, -0.25) is 9.59 Å². The van der Waals surface area contributed by atoms with Gasteiger partial charge in [-0.05, 0) is 51.6 Å². The smallest absolute Gasteiger partial charge is 0.357 e. The number of esters is 2. The van der Waals surface area contributed by atoms with Gasteiger partial charge in [0.2, 0.25) is 6.10 Å². The number of aliphatic carboxylic acids is 1. The lowest BCUT2D eigenvalue weighted by atomic mass is 9.54. The first-order chi connectivity index (χ1) is 19.5. The zero-order valence-electron chi connectivity index (χ0n) is 23.6. The minimum Gasteiger partial charge on any atom is -0.493 e. The fourth-order valence-electron chi connectivity index (χ4n) is 6.60. The van der Waals surface area contributed by atoms with E-state index in [-0.39, 0.29) is 18.2 Å². The first-order valence-electron chi connectivity index (χ1n) is 13.7. The molecule has 0 radical (unpaired) electrons. The number of hydrogen-bond acceptors (Lipinski definition) is 9. The van der Waals surface area contributed by atoms with E-state index in [9.17, 15) is 19.5 Å². The molecule has 2 aromatic rings. The topological polar surface area (TPSA) is 132 Å². The van der Waals surface area contributed by atoms with Gasteiger partial charge in [-0.1, -0.05) is 36.4 Å². The van der Waals surface area contributed by atoms with E-state index < -0.39 is 54.0 Å². The van der Waals surface area contributed by atoms with Gasteiger partial charge in [-0.25, -0.2) is 4.79 Å². The summed E-state index contributed by atoms with van der Waals surface area (Å²) < 4.78 is 23.6. The van der Waals surface area contributed by atoms with Crippen molar-refractivity contribution in [1.29, 1.82) is 0 Å². The van der Waals surface area contributed by atoms with Crippen LogP contribution in [0.3, 0.4) is 0 Å². The number of methoxy groups -OCH3 is 1. The summed E-state index contributed by atoms with van der Waals surface area (Å²) in [7, 11) is 3.53. The molecular weight excluding hydrogens is 530 g/mol. The van der Waals surface area contributed by atoms with Crippen molar-refractivity contribution in [3.63, 3.8) is 0 Å². The molecule has 0 amide bonds. The zero-order valence-corrected chi connectivity index (χ0v) is 23.6. The molecule has 0 bridgehead atoms. The maximum Gasteiger partial charge on any atom is 0.357 e. The van der Waals surface area contributed by atoms with Crippen molar-refractivity contribution in [2.45, 2.75) is 68.8 Å². The second-order valence-electron chi connectivity index (χ2n) is 11.0. The van der Waals surface area contributed by atoms with Crippen molar-refractivity contribution in [3.8, 4) is 11.5 Å². The third-order valence-electron chi connectivity index (χ3n) is 8.86. The Balaban J connectivity index is 1.53. The Morgan fingerprint density at radius 2 is 1.88 bits per heavy atom. The number of benzene rings is 2. The number of hydrogen-bond donors (Lipinski definition) is 2. The number of aliphatic hydroxyl groups is 1. The second-order valence-corrected chi connectivity index (χ2v) is 11.0. The number of ether oxygens (including phenoxy) is 4. The minimum atomic E-state index is -1.42. The highest BCUT2D eigenvalue weighted by Crippen LogP contribution is 2.62. The van der Waals surface area contributed by atoms with E-state index in [4.69, 9.17) is 24.1 Å². The average Bonchev–Trinajstić information content (AvgIpc) is 3.32. The van der Waals surface area contributed by atoms with Gasteiger partial charge in [0.1, 0.15) is 5.76 Å². The van der Waals surface area contributed by atoms with E-state index in [1.165, 1.54) is 0 Å². The lowest BCUT2D eigenvalue weighted by molar-refractivity contribution is -0.173. The molecule has 10 heteroatoms. The molecule has 10 nitrogen and oxygen atoms in total. The Kier molecular flexibility index (Phi) is 7.56. The molecule has 41 heavy (non-hydrogen) atoms. The number of carbonyl (C=O) groups is 3. The van der Waals surface area contributed by atoms with Crippen LogP contribution >= 0.6 is 0 Å². The molecule has 2 aromatic carbocycles. The van der Waals surface area contributed by atoms with Gasteiger partial charge in [0.15, 0.2) is 17.6 Å². The monoisotopic (exact) mass is 565 g/mol. The number of piperidine rings is 1. The van der Waals surface area contributed by atoms with E-state index in [2.05, 4.69) is 4.90 Å². The van der Waals surface area contributed by atoms with Gasteiger partial charge in [0.05, 0.1) is 31.0 Å². The van der Waals surface area contributed by atoms with Gasteiger partial charge in [-0.2, -0.15) is 0 Å². The Morgan fingerprint density at radius 1 is 1.15 bits per heavy atom. The molecule has 1 saturated heterocycles. The molecule has 5 rings (SSSR count). The van der Waals surface area contributed by atoms with E-state index in [0.29, 0.717) is 30.0 Å². The molecule has 0 saturated carbocycles. The number of rotatable bonds is 8. The Labute approximate surface area is 238 Å². The molecule has 0 unspecified atom stereocenters. The van der Waals surface area contributed by atoms with Gasteiger partial charge < -0.3 is 34.1 Å². The van der Waals surface area contributed by atoms with Gasteiger partial charge in [0.25, 0.3) is 0 Å². The maximum atomic E-state index is 13.7. The molecule has 1 spiro atoms. The van der Waals surface area contributed by atoms with Crippen LogP contribution in [0.15, 0.2) is 54.3 Å². The normalized spacial score (nSPS) is 27.3. The molecule has 1 fully saturated rings. The zero-order chi connectivity index (χ0) is 29.5. The van der Waals surface area contributed by atoms with Crippen LogP contribution in [-0.2, 0) is 29.3 Å². The van der Waals surface area contributed by atoms with Crippen molar-refractivity contribution >= 4 is 17.9 Å². The molecule has 1 aliphatic carbocycles. The summed E-state index contributed by atoms with van der Waals surface area (Å²) in [6.45, 7) is 4.63. The first-order valence-corrected chi connectivity index (χ1v) is 13.7. The van der Waals surface area contributed by atoms with Gasteiger partial charge in [-0.15, -0.1) is 0 Å². The number of nitrogens with zero attached hydrogens (tertiary/aromatic N) is 1. The van der Waals surface area contributed by atoms with Crippen LogP contribution in [0.4, 0.5) is 0 Å². The molecule has 5 atom stereocenters. The van der Waals surface area contributed by atoms with Gasteiger partial charge >= 0.3 is 17.9 Å². The fraction of sp³-hybridized carbons (Fsp3) is 0.452. The van der Waals surface area contributed by atoms with Crippen LogP contribution in [0.25, 0.3) is 0 Å². The highest BCUT2D eigenvalue weighted by atomic mass is 16.6. The third kappa shape index (κ3) is 4.64. The molecule has 2 aliphatic heterocycles. The minimum absolute atomic E-state index is 0.200. The molecule has 218 valence electrons. The van der Waals surface area contributed by atoms with E-state index in [1.807, 2.05) is 33.0 Å². The molecule has 2 heterocycles. The van der Waals surface area contributed by atoms with Crippen molar-refractivity contribution in [3.05, 3.63) is 71.0 Å². The summed E-state index contributed by atoms with van der Waals surface area (Å²) >= 11 is 0. The number of carbonyl (C=O) groups excluding carboxylic acids is 2. The number of aryl methyl sites for hydroxylation is 1. The molecular formula is C31H35NO9. The van der Waals surface area contributed by atoms with Crippen LogP contribution in [0.1, 0.15) is 55.4 Å². The molecule has 2 N–H and O–H groups in total. The largest absolute Gasteiger partial charge is 0.493 e. The highest BCUT2D eigenvalue weighted by Gasteiger charge is 2.69. The third-order valence-corrected chi connectivity index (χ3v) is 8.86. The fourth-order valence-corrected chi connectivity index (χ4v) is 6.60. The van der Waals surface area contributed by atoms with Crippen LogP contribution in [0.2, 0.25) is 0 Å². The average molecular weight is 566 g/mol. The Morgan fingerprint density at radius 3 is 2.56 bits per heavy atom. The Bertz CT molecular complexity index is 1390. The van der Waals surface area contributed by atoms with E-state index in [0.717, 1.165) is 11.1 Å². The summed E-state index contributed by atoms with van der Waals surface area (Å²) in [4.78, 5) is 39.2. The Hall–Kier alpha value is -3.89. The summed E-state index contributed by atoms with van der Waals surface area (Å²) in [6, 6.07) is 11.9. The van der Waals surface area contributed by atoms with Crippen LogP contribution < -0.4 is 9.47 Å². The first kappa shape index (κ1) is 28.6. The predicted octanol–water partition coefficient (Wildman–Crippen LogP) is 3.44. The SMILES string of the molecule is COc1ccc(C)c2c1O[C@H]1C(OC(=O)[C@@H](OC(=O)CCC(=O)O)c3ccccc3)=CC[C@@]3(O)[C@@H](C)N(C)CC[C@]213. The summed E-state index contributed by atoms with van der Waals surface area (Å²) in [5.74, 6) is -1.59. The number of carboxylic acid groups (broad SMARTS) is 1. The van der Waals surface area contributed by atoms with Crippen LogP contribution in [0, 0.1) is 6.92 Å². The number of fused-ring (bicyclic) bond motifs is 1. The number of carboxylic acids is 1. The number of likely N-dealkylation sites (tertiary alicyclic amines) is 1. The predicted molar refractivity (Wildman–Crippen MR) is 146 cm³/mol. The lowest BCUT2D eigenvalue weighted by Gasteiger charge is -2.58. The quantitative estimate of drug-likeness (QED) is 0.459. The van der Waals surface area contributed by atoms with Crippen LogP contribution in [-0.4, -0.2) is 71.5 Å². The van der Waals surface area contributed by atoms with E-state index >= 15 is 0 Å². The summed E-state index contributed by atoms with van der Waals surface area (Å²) in [6.07, 6.45) is -0.668. The second kappa shape index (κ2) is 10.8. The maximum absolute atomic E-state index is 13.7. The lowest BCUT2D eigenvalue weighted by Crippen LogP contribution is -2.71. The summed E-state index contributed by atoms with van der Waals surface area (Å²) in [5, 5.41) is 21.4. The van der Waals surface area contributed by atoms with Crippen molar-refractivity contribution in [2.75, 3.05) is 20.7 Å². The van der Waals surface area contributed by atoms with Crippen LogP contribution in [0.5, 0.6) is 11.5 Å². The molecule has 0 aromatic heterocycles. The van der Waals surface area contributed by atoms with Crippen molar-refractivity contribution < 1.29 is 43.5 Å². The van der Waals surface area contributed by atoms with E-state index in [1.54, 1.807) is 43.5 Å². The molecule has 3 aliphatic rings. The summed E-state index contributed by atoms with van der Waals surface area (Å²) in [5.41, 5.74) is -0.0287. The van der Waals surface area contributed by atoms with Gasteiger partial charge in [0, 0.05) is 23.6 Å².